The van der Waals surface area contributed by atoms with Crippen molar-refractivity contribution in [3.63, 3.8) is 0 Å². The lowest BCUT2D eigenvalue weighted by atomic mass is 10.1. The highest BCUT2D eigenvalue weighted by molar-refractivity contribution is 6.05. The van der Waals surface area contributed by atoms with Crippen LogP contribution in [0.1, 0.15) is 32.7 Å². The highest BCUT2D eigenvalue weighted by Gasteiger charge is 2.24. The topological polar surface area (TPSA) is 61.4 Å². The Morgan fingerprint density at radius 2 is 2.00 bits per heavy atom. The van der Waals surface area contributed by atoms with Gasteiger partial charge in [-0.2, -0.15) is 0 Å². The number of amides is 2. The molecular formula is C20H22FN3O2. The van der Waals surface area contributed by atoms with Gasteiger partial charge in [0.15, 0.2) is 0 Å². The van der Waals surface area contributed by atoms with Crippen molar-refractivity contribution < 1.29 is 14.0 Å². The fraction of sp³-hybridized carbons (Fsp3) is 0.300. The number of hydrogen-bond donors (Lipinski definition) is 2. The molecule has 2 amide bonds. The van der Waals surface area contributed by atoms with Crippen LogP contribution in [0.3, 0.4) is 0 Å². The SMILES string of the molecule is Cc1ccc(C(=O)N(C)C2CCNC2)cc1NC(=O)c1ccccc1F. The van der Waals surface area contributed by atoms with Gasteiger partial charge in [0.1, 0.15) is 5.82 Å². The maximum atomic E-state index is 13.8. The lowest BCUT2D eigenvalue weighted by Gasteiger charge is -2.24. The predicted molar refractivity (Wildman–Crippen MR) is 98.9 cm³/mol. The molecular weight excluding hydrogens is 333 g/mol. The van der Waals surface area contributed by atoms with Gasteiger partial charge in [0, 0.05) is 30.9 Å². The number of nitrogens with zero attached hydrogens (tertiary/aromatic N) is 1. The molecule has 1 atom stereocenters. The summed E-state index contributed by atoms with van der Waals surface area (Å²) < 4.78 is 13.8. The van der Waals surface area contributed by atoms with Crippen LogP contribution < -0.4 is 10.6 Å². The van der Waals surface area contributed by atoms with E-state index in [1.165, 1.54) is 18.2 Å². The maximum Gasteiger partial charge on any atom is 0.258 e. The van der Waals surface area contributed by atoms with Gasteiger partial charge >= 0.3 is 0 Å². The highest BCUT2D eigenvalue weighted by Crippen LogP contribution is 2.21. The van der Waals surface area contributed by atoms with E-state index in [4.69, 9.17) is 0 Å². The second-order valence-electron chi connectivity index (χ2n) is 6.53. The van der Waals surface area contributed by atoms with Gasteiger partial charge in [0.25, 0.3) is 11.8 Å². The molecule has 1 unspecified atom stereocenters. The van der Waals surface area contributed by atoms with Crippen LogP contribution in [0.15, 0.2) is 42.5 Å². The van der Waals surface area contributed by atoms with Gasteiger partial charge in [-0.3, -0.25) is 9.59 Å². The molecule has 1 fully saturated rings. The maximum absolute atomic E-state index is 13.8. The van der Waals surface area contributed by atoms with Crippen molar-refractivity contribution in [3.05, 3.63) is 65.0 Å². The molecule has 1 heterocycles. The zero-order valence-corrected chi connectivity index (χ0v) is 14.9. The number of anilines is 1. The van der Waals surface area contributed by atoms with E-state index in [2.05, 4.69) is 10.6 Å². The van der Waals surface area contributed by atoms with Crippen molar-refractivity contribution >= 4 is 17.5 Å². The summed E-state index contributed by atoms with van der Waals surface area (Å²) in [6.07, 6.45) is 0.922. The van der Waals surface area contributed by atoms with Crippen LogP contribution in [0.4, 0.5) is 10.1 Å². The molecule has 0 aromatic heterocycles. The number of hydrogen-bond acceptors (Lipinski definition) is 3. The molecule has 2 aromatic carbocycles. The van der Waals surface area contributed by atoms with E-state index in [9.17, 15) is 14.0 Å². The minimum atomic E-state index is -0.580. The molecule has 5 nitrogen and oxygen atoms in total. The van der Waals surface area contributed by atoms with Crippen molar-refractivity contribution in [1.29, 1.82) is 0 Å². The number of carbonyl (C=O) groups excluding carboxylic acids is 2. The number of aryl methyl sites for hydroxylation is 1. The second-order valence-corrected chi connectivity index (χ2v) is 6.53. The summed E-state index contributed by atoms with van der Waals surface area (Å²) >= 11 is 0. The molecule has 1 saturated heterocycles. The van der Waals surface area contributed by atoms with E-state index in [0.29, 0.717) is 11.3 Å². The quantitative estimate of drug-likeness (QED) is 0.887. The van der Waals surface area contributed by atoms with Gasteiger partial charge in [-0.25, -0.2) is 4.39 Å². The first-order chi connectivity index (χ1) is 12.5. The molecule has 6 heteroatoms. The van der Waals surface area contributed by atoms with Gasteiger partial charge in [0.2, 0.25) is 0 Å². The Bertz CT molecular complexity index is 832. The number of carbonyl (C=O) groups is 2. The lowest BCUT2D eigenvalue weighted by molar-refractivity contribution is 0.0743. The summed E-state index contributed by atoms with van der Waals surface area (Å²) in [6.45, 7) is 3.51. The van der Waals surface area contributed by atoms with E-state index in [0.717, 1.165) is 25.1 Å². The average molecular weight is 355 g/mol. The molecule has 0 saturated carbocycles. The molecule has 0 aliphatic carbocycles. The summed E-state index contributed by atoms with van der Waals surface area (Å²) in [4.78, 5) is 26.8. The van der Waals surface area contributed by atoms with Crippen LogP contribution in [0.2, 0.25) is 0 Å². The van der Waals surface area contributed by atoms with Gasteiger partial charge in [0.05, 0.1) is 5.56 Å². The summed E-state index contributed by atoms with van der Waals surface area (Å²) in [6, 6.07) is 11.2. The van der Waals surface area contributed by atoms with Crippen molar-refractivity contribution in [3.8, 4) is 0 Å². The molecule has 136 valence electrons. The van der Waals surface area contributed by atoms with E-state index >= 15 is 0 Å². The third-order valence-electron chi connectivity index (χ3n) is 4.75. The minimum Gasteiger partial charge on any atom is -0.337 e. The zero-order chi connectivity index (χ0) is 18.7. The molecule has 1 aliphatic rings. The molecule has 2 N–H and O–H groups in total. The Morgan fingerprint density at radius 3 is 2.69 bits per heavy atom. The van der Waals surface area contributed by atoms with Crippen molar-refractivity contribution in [1.82, 2.24) is 10.2 Å². The number of nitrogens with one attached hydrogen (secondary N) is 2. The van der Waals surface area contributed by atoms with Crippen molar-refractivity contribution in [2.45, 2.75) is 19.4 Å². The fourth-order valence-electron chi connectivity index (χ4n) is 3.06. The van der Waals surface area contributed by atoms with Crippen LogP contribution in [0, 0.1) is 12.7 Å². The molecule has 0 bridgehead atoms. The van der Waals surface area contributed by atoms with E-state index < -0.39 is 11.7 Å². The van der Waals surface area contributed by atoms with Gasteiger partial charge in [-0.05, 0) is 49.7 Å². The lowest BCUT2D eigenvalue weighted by Crippen LogP contribution is -2.38. The third-order valence-corrected chi connectivity index (χ3v) is 4.75. The third kappa shape index (κ3) is 3.75. The second kappa shape index (κ2) is 7.66. The predicted octanol–water partition coefficient (Wildman–Crippen LogP) is 2.82. The number of likely N-dealkylation sites (N-methyl/N-ethyl adjacent to an activating group) is 1. The van der Waals surface area contributed by atoms with E-state index in [-0.39, 0.29) is 17.5 Å². The average Bonchev–Trinajstić information content (AvgIpc) is 3.17. The zero-order valence-electron chi connectivity index (χ0n) is 14.9. The molecule has 3 rings (SSSR count). The summed E-state index contributed by atoms with van der Waals surface area (Å²) in [5.41, 5.74) is 1.77. The minimum absolute atomic E-state index is 0.0298. The smallest absolute Gasteiger partial charge is 0.258 e. The Labute approximate surface area is 152 Å². The molecule has 26 heavy (non-hydrogen) atoms. The summed E-state index contributed by atoms with van der Waals surface area (Å²) in [7, 11) is 1.79. The van der Waals surface area contributed by atoms with Crippen LogP contribution in [0.25, 0.3) is 0 Å². The first-order valence-corrected chi connectivity index (χ1v) is 8.62. The van der Waals surface area contributed by atoms with E-state index in [1.54, 1.807) is 36.2 Å². The molecule has 2 aromatic rings. The largest absolute Gasteiger partial charge is 0.337 e. The normalized spacial score (nSPS) is 16.3. The fourth-order valence-corrected chi connectivity index (χ4v) is 3.06. The highest BCUT2D eigenvalue weighted by atomic mass is 19.1. The Kier molecular flexibility index (Phi) is 5.32. The number of halogens is 1. The Morgan fingerprint density at radius 1 is 1.23 bits per heavy atom. The molecule has 1 aliphatic heterocycles. The standard InChI is InChI=1S/C20H22FN3O2/c1-13-7-8-14(20(26)24(2)15-9-10-22-12-15)11-18(13)23-19(25)16-5-3-4-6-17(16)21/h3-8,11,15,22H,9-10,12H2,1-2H3,(H,23,25). The van der Waals surface area contributed by atoms with Crippen molar-refractivity contribution in [2.75, 3.05) is 25.5 Å². The Balaban J connectivity index is 1.80. The van der Waals surface area contributed by atoms with Crippen LogP contribution in [-0.2, 0) is 0 Å². The number of rotatable bonds is 4. The number of benzene rings is 2. The van der Waals surface area contributed by atoms with Gasteiger partial charge in [-0.1, -0.05) is 18.2 Å². The van der Waals surface area contributed by atoms with Crippen molar-refractivity contribution in [2.24, 2.45) is 0 Å². The monoisotopic (exact) mass is 355 g/mol. The van der Waals surface area contributed by atoms with Gasteiger partial charge in [-0.15, -0.1) is 0 Å². The molecule has 0 radical (unpaired) electrons. The first kappa shape index (κ1) is 18.1. The first-order valence-electron chi connectivity index (χ1n) is 8.62. The van der Waals surface area contributed by atoms with Crippen LogP contribution in [-0.4, -0.2) is 42.9 Å². The van der Waals surface area contributed by atoms with E-state index in [1.807, 2.05) is 6.92 Å². The molecule has 0 spiro atoms. The van der Waals surface area contributed by atoms with Crippen LogP contribution >= 0.6 is 0 Å². The Hall–Kier alpha value is -2.73. The van der Waals surface area contributed by atoms with Gasteiger partial charge < -0.3 is 15.5 Å². The summed E-state index contributed by atoms with van der Waals surface area (Å²) in [5, 5.41) is 5.95. The summed E-state index contributed by atoms with van der Waals surface area (Å²) in [5.74, 6) is -1.22. The van der Waals surface area contributed by atoms with Crippen LogP contribution in [0.5, 0.6) is 0 Å².